The lowest BCUT2D eigenvalue weighted by Crippen LogP contribution is -2.48. The number of esters is 4. The van der Waals surface area contributed by atoms with Crippen LogP contribution in [0.2, 0.25) is 0 Å². The van der Waals surface area contributed by atoms with Crippen molar-refractivity contribution in [2.75, 3.05) is 0 Å². The fraction of sp³-hybridized carbons (Fsp3) is 0.458. The van der Waals surface area contributed by atoms with Gasteiger partial charge in [-0.15, -0.1) is 10.2 Å². The molecule has 13 nitrogen and oxygen atoms in total. The standard InChI is InChI=1S/C24H28N4O9/c1-7-27-23(33)17-10-8-9-11-18(17)28-22(25-26-24(27)28)21(37-16(6)32)20(36-15(5)31)19(35-14(4)30)12(2)34-13(3)29/h8-12,19-21H,7H2,1-6H3/t12?,19-,20-,21+/m1/s1. The van der Waals surface area contributed by atoms with Gasteiger partial charge in [0.25, 0.3) is 5.56 Å². The van der Waals surface area contributed by atoms with Crippen molar-refractivity contribution >= 4 is 40.6 Å². The highest BCUT2D eigenvalue weighted by molar-refractivity contribution is 5.80. The highest BCUT2D eigenvalue weighted by atomic mass is 16.6. The van der Waals surface area contributed by atoms with E-state index in [0.29, 0.717) is 10.9 Å². The Morgan fingerprint density at radius 2 is 1.41 bits per heavy atom. The molecule has 0 saturated carbocycles. The van der Waals surface area contributed by atoms with E-state index in [1.165, 1.54) is 15.9 Å². The average molecular weight is 517 g/mol. The Bertz CT molecular complexity index is 1410. The maximum Gasteiger partial charge on any atom is 0.303 e. The van der Waals surface area contributed by atoms with Gasteiger partial charge in [-0.1, -0.05) is 12.1 Å². The molecule has 3 aromatic rings. The van der Waals surface area contributed by atoms with Crippen LogP contribution in [-0.4, -0.2) is 61.4 Å². The Balaban J connectivity index is 2.35. The molecule has 0 radical (unpaired) electrons. The Morgan fingerprint density at radius 1 is 0.838 bits per heavy atom. The number of rotatable bonds is 9. The van der Waals surface area contributed by atoms with Gasteiger partial charge >= 0.3 is 23.9 Å². The zero-order valence-corrected chi connectivity index (χ0v) is 21.3. The molecule has 0 spiro atoms. The van der Waals surface area contributed by atoms with Crippen molar-refractivity contribution in [1.29, 1.82) is 0 Å². The number of ether oxygens (including phenoxy) is 4. The summed E-state index contributed by atoms with van der Waals surface area (Å²) in [5.74, 6) is -2.87. The van der Waals surface area contributed by atoms with Gasteiger partial charge in [-0.05, 0) is 26.0 Å². The van der Waals surface area contributed by atoms with Crippen LogP contribution >= 0.6 is 0 Å². The fourth-order valence-electron chi connectivity index (χ4n) is 4.14. The normalized spacial score (nSPS) is 14.4. The number of para-hydroxylation sites is 1. The summed E-state index contributed by atoms with van der Waals surface area (Å²) in [7, 11) is 0. The van der Waals surface area contributed by atoms with E-state index in [1.807, 2.05) is 0 Å². The van der Waals surface area contributed by atoms with Crippen molar-refractivity contribution in [3.8, 4) is 0 Å². The number of carbonyl (C=O) groups is 4. The first-order chi connectivity index (χ1) is 17.5. The number of aryl methyl sites for hydroxylation is 1. The van der Waals surface area contributed by atoms with Gasteiger partial charge < -0.3 is 18.9 Å². The summed E-state index contributed by atoms with van der Waals surface area (Å²) in [6.07, 6.45) is -5.50. The first-order valence-electron chi connectivity index (χ1n) is 11.5. The molecule has 4 atom stereocenters. The van der Waals surface area contributed by atoms with E-state index in [9.17, 15) is 24.0 Å². The van der Waals surface area contributed by atoms with Crippen molar-refractivity contribution in [1.82, 2.24) is 19.2 Å². The lowest BCUT2D eigenvalue weighted by atomic mass is 10.0. The minimum Gasteiger partial charge on any atom is -0.459 e. The highest BCUT2D eigenvalue weighted by Crippen LogP contribution is 2.30. The van der Waals surface area contributed by atoms with E-state index in [2.05, 4.69) is 10.2 Å². The summed E-state index contributed by atoms with van der Waals surface area (Å²) in [6.45, 7) is 7.99. The van der Waals surface area contributed by atoms with Crippen LogP contribution in [0.15, 0.2) is 29.1 Å². The van der Waals surface area contributed by atoms with Gasteiger partial charge in [0.1, 0.15) is 6.10 Å². The summed E-state index contributed by atoms with van der Waals surface area (Å²) in [6, 6.07) is 6.69. The van der Waals surface area contributed by atoms with Crippen LogP contribution in [0.25, 0.3) is 16.7 Å². The van der Waals surface area contributed by atoms with Crippen LogP contribution < -0.4 is 5.56 Å². The van der Waals surface area contributed by atoms with Gasteiger partial charge in [0, 0.05) is 34.2 Å². The molecule has 0 saturated heterocycles. The van der Waals surface area contributed by atoms with Crippen molar-refractivity contribution in [2.24, 2.45) is 0 Å². The molecule has 0 aliphatic carbocycles. The Morgan fingerprint density at radius 3 is 1.97 bits per heavy atom. The maximum atomic E-state index is 13.1. The number of hydrogen-bond donors (Lipinski definition) is 0. The molecule has 0 N–H and O–H groups in total. The largest absolute Gasteiger partial charge is 0.459 e. The predicted octanol–water partition coefficient (Wildman–Crippen LogP) is 1.48. The summed E-state index contributed by atoms with van der Waals surface area (Å²) in [5, 5.41) is 8.69. The van der Waals surface area contributed by atoms with Gasteiger partial charge in [0.2, 0.25) is 11.9 Å². The summed E-state index contributed by atoms with van der Waals surface area (Å²) in [4.78, 5) is 61.1. The van der Waals surface area contributed by atoms with Crippen LogP contribution in [-0.2, 0) is 44.7 Å². The summed E-state index contributed by atoms with van der Waals surface area (Å²) in [5.41, 5.74) is 0.106. The third-order valence-corrected chi connectivity index (χ3v) is 5.44. The molecule has 13 heteroatoms. The molecular weight excluding hydrogens is 488 g/mol. The van der Waals surface area contributed by atoms with E-state index in [0.717, 1.165) is 27.7 Å². The predicted molar refractivity (Wildman–Crippen MR) is 127 cm³/mol. The summed E-state index contributed by atoms with van der Waals surface area (Å²) >= 11 is 0. The van der Waals surface area contributed by atoms with E-state index < -0.39 is 48.3 Å². The molecule has 0 bridgehead atoms. The molecule has 3 rings (SSSR count). The first kappa shape index (κ1) is 27.3. The van der Waals surface area contributed by atoms with Gasteiger partial charge in [0.05, 0.1) is 10.9 Å². The molecule has 1 aromatic carbocycles. The fourth-order valence-corrected chi connectivity index (χ4v) is 4.14. The van der Waals surface area contributed by atoms with Crippen molar-refractivity contribution < 1.29 is 38.1 Å². The molecule has 2 heterocycles. The van der Waals surface area contributed by atoms with Gasteiger partial charge in [-0.3, -0.25) is 32.9 Å². The molecule has 0 fully saturated rings. The van der Waals surface area contributed by atoms with E-state index >= 15 is 0 Å². The number of benzene rings is 1. The Kier molecular flexibility index (Phi) is 8.25. The minimum absolute atomic E-state index is 0.0120. The minimum atomic E-state index is -1.51. The number of hydrogen-bond acceptors (Lipinski definition) is 11. The second kappa shape index (κ2) is 11.2. The number of aromatic nitrogens is 4. The number of nitrogens with zero attached hydrogens (tertiary/aromatic N) is 4. The molecular formula is C24H28N4O9. The third kappa shape index (κ3) is 5.76. The van der Waals surface area contributed by atoms with Gasteiger partial charge in [-0.25, -0.2) is 0 Å². The lowest BCUT2D eigenvalue weighted by molar-refractivity contribution is -0.198. The van der Waals surface area contributed by atoms with Gasteiger partial charge in [-0.2, -0.15) is 0 Å². The molecule has 1 unspecified atom stereocenters. The van der Waals surface area contributed by atoms with Crippen LogP contribution in [0.4, 0.5) is 0 Å². The maximum absolute atomic E-state index is 13.1. The quantitative estimate of drug-likeness (QED) is 0.300. The molecule has 0 aliphatic heterocycles. The van der Waals surface area contributed by atoms with E-state index in [-0.39, 0.29) is 23.7 Å². The first-order valence-corrected chi connectivity index (χ1v) is 11.5. The van der Waals surface area contributed by atoms with E-state index in [4.69, 9.17) is 18.9 Å². The van der Waals surface area contributed by atoms with Crippen molar-refractivity contribution in [3.63, 3.8) is 0 Å². The smallest absolute Gasteiger partial charge is 0.303 e. The van der Waals surface area contributed by atoms with Crippen molar-refractivity contribution in [3.05, 3.63) is 40.4 Å². The van der Waals surface area contributed by atoms with Crippen LogP contribution in [0, 0.1) is 0 Å². The van der Waals surface area contributed by atoms with Crippen molar-refractivity contribution in [2.45, 2.75) is 72.5 Å². The summed E-state index contributed by atoms with van der Waals surface area (Å²) < 4.78 is 24.6. The molecule has 0 amide bonds. The SMILES string of the molecule is CCn1c(=O)c2ccccc2n2c([C@@H](OC(C)=O)[C@H](OC(C)=O)[C@H](OC(C)=O)C(C)OC(C)=O)nnc12. The molecule has 198 valence electrons. The van der Waals surface area contributed by atoms with Crippen LogP contribution in [0.1, 0.15) is 53.5 Å². The zero-order chi connectivity index (χ0) is 27.4. The Hall–Kier alpha value is -4.29. The molecule has 2 aromatic heterocycles. The van der Waals surface area contributed by atoms with Crippen LogP contribution in [0.5, 0.6) is 0 Å². The van der Waals surface area contributed by atoms with Crippen LogP contribution in [0.3, 0.4) is 0 Å². The monoisotopic (exact) mass is 516 g/mol. The molecule has 0 aliphatic rings. The number of carbonyl (C=O) groups excluding carboxylic acids is 4. The topological polar surface area (TPSA) is 157 Å². The van der Waals surface area contributed by atoms with Gasteiger partial charge in [0.15, 0.2) is 18.0 Å². The second-order valence-corrected chi connectivity index (χ2v) is 8.25. The molecule has 37 heavy (non-hydrogen) atoms. The Labute approximate surface area is 211 Å². The zero-order valence-electron chi connectivity index (χ0n) is 21.3. The second-order valence-electron chi connectivity index (χ2n) is 8.25. The number of fused-ring (bicyclic) bond motifs is 3. The highest BCUT2D eigenvalue weighted by Gasteiger charge is 2.44. The lowest BCUT2D eigenvalue weighted by Gasteiger charge is -2.33. The average Bonchev–Trinajstić information content (AvgIpc) is 3.24. The van der Waals surface area contributed by atoms with E-state index in [1.54, 1.807) is 31.2 Å². The third-order valence-electron chi connectivity index (χ3n) is 5.44.